The van der Waals surface area contributed by atoms with Crippen molar-refractivity contribution in [1.82, 2.24) is 14.3 Å². The Kier molecular flexibility index (Phi) is 4.89. The van der Waals surface area contributed by atoms with E-state index in [1.54, 1.807) is 10.5 Å². The van der Waals surface area contributed by atoms with Crippen LogP contribution < -0.4 is 5.56 Å². The maximum Gasteiger partial charge on any atom is 0.259 e. The standard InChI is InChI=1S/C20H23N3O2S/c1-14-13-26-20-21-17(11-18(24)23(14)20)12-22-9-7-16(8-10-22)19(25)15-5-3-2-4-6-15/h2-6,11,13,16,19,25H,7-10,12H2,1H3. The summed E-state index contributed by atoms with van der Waals surface area (Å²) < 4.78 is 1.66. The number of aliphatic hydroxyl groups excluding tert-OH is 1. The Balaban J connectivity index is 1.40. The summed E-state index contributed by atoms with van der Waals surface area (Å²) in [5.41, 5.74) is 2.76. The first kappa shape index (κ1) is 17.4. The lowest BCUT2D eigenvalue weighted by molar-refractivity contribution is 0.0564. The predicted octanol–water partition coefficient (Wildman–Crippen LogP) is 3.01. The molecule has 0 saturated carbocycles. The average molecular weight is 369 g/mol. The predicted molar refractivity (Wildman–Crippen MR) is 103 cm³/mol. The van der Waals surface area contributed by atoms with Crippen LogP contribution in [0, 0.1) is 12.8 Å². The van der Waals surface area contributed by atoms with E-state index in [0.29, 0.717) is 6.54 Å². The molecule has 1 atom stereocenters. The fraction of sp³-hybridized carbons (Fsp3) is 0.400. The van der Waals surface area contributed by atoms with Crippen molar-refractivity contribution in [3.8, 4) is 0 Å². The molecule has 1 N–H and O–H groups in total. The minimum absolute atomic E-state index is 0.00173. The van der Waals surface area contributed by atoms with Gasteiger partial charge in [-0.3, -0.25) is 14.1 Å². The number of piperidine rings is 1. The second-order valence-electron chi connectivity index (χ2n) is 7.05. The highest BCUT2D eigenvalue weighted by Gasteiger charge is 2.26. The largest absolute Gasteiger partial charge is 0.388 e. The minimum atomic E-state index is -0.397. The van der Waals surface area contributed by atoms with E-state index in [1.165, 1.54) is 11.3 Å². The summed E-state index contributed by atoms with van der Waals surface area (Å²) in [7, 11) is 0. The van der Waals surface area contributed by atoms with Crippen molar-refractivity contribution in [2.24, 2.45) is 5.92 Å². The SMILES string of the molecule is Cc1csc2nc(CN3CCC(C(O)c4ccccc4)CC3)cc(=O)n12. The molecule has 6 heteroatoms. The van der Waals surface area contributed by atoms with Gasteiger partial charge in [0.2, 0.25) is 0 Å². The molecule has 0 aliphatic carbocycles. The van der Waals surface area contributed by atoms with E-state index in [4.69, 9.17) is 0 Å². The molecule has 2 aromatic heterocycles. The van der Waals surface area contributed by atoms with Gasteiger partial charge in [0.25, 0.3) is 5.56 Å². The lowest BCUT2D eigenvalue weighted by Crippen LogP contribution is -2.35. The van der Waals surface area contributed by atoms with Gasteiger partial charge in [0.05, 0.1) is 11.8 Å². The van der Waals surface area contributed by atoms with Gasteiger partial charge in [-0.15, -0.1) is 11.3 Å². The summed E-state index contributed by atoms with van der Waals surface area (Å²) >= 11 is 1.51. The minimum Gasteiger partial charge on any atom is -0.388 e. The molecule has 1 aliphatic rings. The Morgan fingerprint density at radius 2 is 2.00 bits per heavy atom. The Morgan fingerprint density at radius 3 is 2.73 bits per heavy atom. The number of nitrogens with zero attached hydrogens (tertiary/aromatic N) is 3. The molecule has 1 unspecified atom stereocenters. The molecular formula is C20H23N3O2S. The van der Waals surface area contributed by atoms with Crippen LogP contribution in [0.25, 0.3) is 4.96 Å². The second kappa shape index (κ2) is 7.31. The van der Waals surface area contributed by atoms with Crippen molar-refractivity contribution in [2.75, 3.05) is 13.1 Å². The van der Waals surface area contributed by atoms with E-state index in [9.17, 15) is 9.90 Å². The smallest absolute Gasteiger partial charge is 0.259 e. The zero-order valence-corrected chi connectivity index (χ0v) is 15.7. The van der Waals surface area contributed by atoms with Gasteiger partial charge in [-0.05, 0) is 44.3 Å². The third-order valence-corrected chi connectivity index (χ3v) is 6.18. The summed E-state index contributed by atoms with van der Waals surface area (Å²) in [6.45, 7) is 4.45. The molecule has 5 nitrogen and oxygen atoms in total. The molecule has 3 aromatic rings. The molecule has 4 rings (SSSR count). The number of thiazole rings is 1. The molecule has 1 saturated heterocycles. The zero-order chi connectivity index (χ0) is 18.1. The molecule has 1 aromatic carbocycles. The van der Waals surface area contributed by atoms with E-state index in [0.717, 1.165) is 47.8 Å². The van der Waals surface area contributed by atoms with Gasteiger partial charge < -0.3 is 5.11 Å². The Labute approximate surface area is 156 Å². The van der Waals surface area contributed by atoms with Crippen molar-refractivity contribution >= 4 is 16.3 Å². The number of hydrogen-bond donors (Lipinski definition) is 1. The molecule has 0 radical (unpaired) electrons. The molecule has 1 fully saturated rings. The highest BCUT2D eigenvalue weighted by Crippen LogP contribution is 2.30. The van der Waals surface area contributed by atoms with Crippen LogP contribution in [0.1, 0.15) is 35.9 Å². The molecule has 26 heavy (non-hydrogen) atoms. The number of hydrogen-bond acceptors (Lipinski definition) is 5. The molecule has 136 valence electrons. The number of aliphatic hydroxyl groups is 1. The van der Waals surface area contributed by atoms with Crippen LogP contribution in [0.4, 0.5) is 0 Å². The first-order valence-electron chi connectivity index (χ1n) is 9.04. The lowest BCUT2D eigenvalue weighted by atomic mass is 9.87. The molecule has 0 bridgehead atoms. The molecule has 0 spiro atoms. The topological polar surface area (TPSA) is 57.8 Å². The van der Waals surface area contributed by atoms with Crippen molar-refractivity contribution in [1.29, 1.82) is 0 Å². The maximum absolute atomic E-state index is 12.3. The second-order valence-corrected chi connectivity index (χ2v) is 7.89. The van der Waals surface area contributed by atoms with Crippen LogP contribution in [-0.2, 0) is 6.54 Å². The highest BCUT2D eigenvalue weighted by molar-refractivity contribution is 7.15. The van der Waals surface area contributed by atoms with E-state index >= 15 is 0 Å². The molecular weight excluding hydrogens is 346 g/mol. The monoisotopic (exact) mass is 369 g/mol. The Hall–Kier alpha value is -2.02. The van der Waals surface area contributed by atoms with Crippen LogP contribution in [0.3, 0.4) is 0 Å². The third kappa shape index (κ3) is 3.45. The van der Waals surface area contributed by atoms with Crippen LogP contribution >= 0.6 is 11.3 Å². The van der Waals surface area contributed by atoms with E-state index in [1.807, 2.05) is 42.6 Å². The van der Waals surface area contributed by atoms with Gasteiger partial charge in [0, 0.05) is 23.7 Å². The lowest BCUT2D eigenvalue weighted by Gasteiger charge is -2.34. The van der Waals surface area contributed by atoms with Gasteiger partial charge in [-0.25, -0.2) is 4.98 Å². The summed E-state index contributed by atoms with van der Waals surface area (Å²) in [5.74, 6) is 0.287. The number of aryl methyl sites for hydroxylation is 1. The summed E-state index contributed by atoms with van der Waals surface area (Å²) in [6, 6.07) is 11.6. The molecule has 1 aliphatic heterocycles. The summed E-state index contributed by atoms with van der Waals surface area (Å²) in [6.07, 6.45) is 1.51. The van der Waals surface area contributed by atoms with E-state index in [-0.39, 0.29) is 11.5 Å². The number of fused-ring (bicyclic) bond motifs is 1. The molecule has 0 amide bonds. The summed E-state index contributed by atoms with van der Waals surface area (Å²) in [4.78, 5) is 20.0. The van der Waals surface area contributed by atoms with Crippen LogP contribution in [-0.4, -0.2) is 32.5 Å². The average Bonchev–Trinajstić information content (AvgIpc) is 3.04. The van der Waals surface area contributed by atoms with E-state index in [2.05, 4.69) is 9.88 Å². The number of rotatable bonds is 4. The highest BCUT2D eigenvalue weighted by atomic mass is 32.1. The first-order valence-corrected chi connectivity index (χ1v) is 9.92. The van der Waals surface area contributed by atoms with Crippen molar-refractivity contribution in [3.63, 3.8) is 0 Å². The van der Waals surface area contributed by atoms with Crippen LogP contribution in [0.2, 0.25) is 0 Å². The normalized spacial score (nSPS) is 17.6. The fourth-order valence-corrected chi connectivity index (χ4v) is 4.65. The Bertz CT molecular complexity index is 943. The van der Waals surface area contributed by atoms with Gasteiger partial charge >= 0.3 is 0 Å². The van der Waals surface area contributed by atoms with Crippen LogP contribution in [0.5, 0.6) is 0 Å². The third-order valence-electron chi connectivity index (χ3n) is 5.23. The van der Waals surface area contributed by atoms with Crippen molar-refractivity contribution in [2.45, 2.75) is 32.4 Å². The van der Waals surface area contributed by atoms with Crippen molar-refractivity contribution in [3.05, 3.63) is 69.1 Å². The maximum atomic E-state index is 12.3. The van der Waals surface area contributed by atoms with Gasteiger partial charge in [0.15, 0.2) is 4.96 Å². The quantitative estimate of drug-likeness (QED) is 0.768. The zero-order valence-electron chi connectivity index (χ0n) is 14.8. The van der Waals surface area contributed by atoms with Crippen molar-refractivity contribution < 1.29 is 5.11 Å². The summed E-state index contributed by atoms with van der Waals surface area (Å²) in [5, 5.41) is 12.6. The van der Waals surface area contributed by atoms with Gasteiger partial charge in [0.1, 0.15) is 0 Å². The molecule has 3 heterocycles. The fourth-order valence-electron chi connectivity index (χ4n) is 3.76. The number of aromatic nitrogens is 2. The number of benzene rings is 1. The number of likely N-dealkylation sites (tertiary alicyclic amines) is 1. The Morgan fingerprint density at radius 1 is 1.27 bits per heavy atom. The van der Waals surface area contributed by atoms with Gasteiger partial charge in [-0.2, -0.15) is 0 Å². The van der Waals surface area contributed by atoms with E-state index < -0.39 is 6.10 Å². The van der Waals surface area contributed by atoms with Gasteiger partial charge in [-0.1, -0.05) is 30.3 Å². The van der Waals surface area contributed by atoms with Crippen LogP contribution in [0.15, 0.2) is 46.6 Å². The first-order chi connectivity index (χ1) is 12.6.